The van der Waals surface area contributed by atoms with Crippen LogP contribution in [-0.4, -0.2) is 23.5 Å². The number of hydrogen-bond donors (Lipinski definition) is 1. The molecule has 2 nitrogen and oxygen atoms in total. The van der Waals surface area contributed by atoms with Gasteiger partial charge in [0.2, 0.25) is 0 Å². The maximum atomic E-state index is 6.24. The Labute approximate surface area is 178 Å². The number of nitrogens with zero attached hydrogens (tertiary/aromatic N) is 1. The van der Waals surface area contributed by atoms with E-state index in [4.69, 9.17) is 17.3 Å². The number of rotatable bonds is 8. The summed E-state index contributed by atoms with van der Waals surface area (Å²) in [5.74, 6) is 2.65. The van der Waals surface area contributed by atoms with Crippen molar-refractivity contribution >= 4 is 11.6 Å². The molecule has 2 saturated carbocycles. The van der Waals surface area contributed by atoms with Crippen molar-refractivity contribution in [3.05, 3.63) is 34.9 Å². The molecule has 28 heavy (non-hydrogen) atoms. The molecule has 0 aliphatic heterocycles. The molecular weight excluding hydrogens is 364 g/mol. The van der Waals surface area contributed by atoms with Crippen LogP contribution < -0.4 is 5.73 Å². The second-order valence-electron chi connectivity index (χ2n) is 9.76. The molecule has 0 spiro atoms. The first-order chi connectivity index (χ1) is 13.5. The first-order valence-corrected chi connectivity index (χ1v) is 12.1. The minimum atomic E-state index is 0.479. The van der Waals surface area contributed by atoms with Gasteiger partial charge in [-0.1, -0.05) is 44.0 Å². The first-order valence-electron chi connectivity index (χ1n) is 11.8. The topological polar surface area (TPSA) is 29.3 Å². The zero-order chi connectivity index (χ0) is 19.9. The summed E-state index contributed by atoms with van der Waals surface area (Å²) in [7, 11) is 0. The normalized spacial score (nSPS) is 29.8. The predicted octanol–water partition coefficient (Wildman–Crippen LogP) is 6.65. The van der Waals surface area contributed by atoms with Crippen LogP contribution in [0.25, 0.3) is 0 Å². The average Bonchev–Trinajstić information content (AvgIpc) is 2.70. The van der Waals surface area contributed by atoms with E-state index in [0.29, 0.717) is 6.04 Å². The molecule has 0 bridgehead atoms. The second-order valence-corrected chi connectivity index (χ2v) is 10.2. The monoisotopic (exact) mass is 404 g/mol. The molecule has 1 unspecified atom stereocenters. The molecule has 2 aliphatic carbocycles. The Hall–Kier alpha value is -0.570. The highest BCUT2D eigenvalue weighted by Gasteiger charge is 2.29. The fraction of sp³-hybridized carbons (Fsp3) is 0.760. The Kier molecular flexibility index (Phi) is 8.69. The van der Waals surface area contributed by atoms with E-state index in [0.717, 1.165) is 35.4 Å². The van der Waals surface area contributed by atoms with Gasteiger partial charge in [0.05, 0.1) is 0 Å². The molecule has 2 N–H and O–H groups in total. The van der Waals surface area contributed by atoms with E-state index in [1.54, 1.807) is 0 Å². The van der Waals surface area contributed by atoms with Crippen molar-refractivity contribution in [2.75, 3.05) is 6.54 Å². The summed E-state index contributed by atoms with van der Waals surface area (Å²) < 4.78 is 0. The zero-order valence-corrected chi connectivity index (χ0v) is 18.8. The molecule has 1 aromatic carbocycles. The van der Waals surface area contributed by atoms with Crippen molar-refractivity contribution in [3.8, 4) is 0 Å². The lowest BCUT2D eigenvalue weighted by Crippen LogP contribution is -2.40. The quantitative estimate of drug-likeness (QED) is 0.525. The van der Waals surface area contributed by atoms with Gasteiger partial charge in [0.15, 0.2) is 0 Å². The van der Waals surface area contributed by atoms with Crippen molar-refractivity contribution in [2.45, 2.75) is 96.7 Å². The molecular formula is C25H41ClN2. The SMILES string of the molecule is CCC(C)CN(Cc1cccc(Cl)c1)C1CCC(CC2CCC(N)CC2)CC1. The van der Waals surface area contributed by atoms with E-state index in [1.807, 2.05) is 6.07 Å². The van der Waals surface area contributed by atoms with E-state index in [-0.39, 0.29) is 0 Å². The maximum absolute atomic E-state index is 6.24. The molecule has 2 fully saturated rings. The molecule has 0 heterocycles. The van der Waals surface area contributed by atoms with Crippen LogP contribution in [0.15, 0.2) is 24.3 Å². The van der Waals surface area contributed by atoms with Crippen LogP contribution in [0.4, 0.5) is 0 Å². The molecule has 3 rings (SSSR count). The highest BCUT2D eigenvalue weighted by atomic mass is 35.5. The van der Waals surface area contributed by atoms with Gasteiger partial charge in [-0.05, 0) is 93.2 Å². The molecule has 1 aromatic rings. The standard InChI is InChI=1S/C25H41ClN2/c1-3-19(2)17-28(18-22-5-4-6-23(26)16-22)25-13-9-21(10-14-25)15-20-7-11-24(27)12-8-20/h4-6,16,19-21,24-25H,3,7-15,17-18,27H2,1-2H3. The van der Waals surface area contributed by atoms with Crippen molar-refractivity contribution in [3.63, 3.8) is 0 Å². The van der Waals surface area contributed by atoms with Crippen LogP contribution in [0.3, 0.4) is 0 Å². The third-order valence-electron chi connectivity index (χ3n) is 7.41. The molecule has 0 saturated heterocycles. The van der Waals surface area contributed by atoms with Crippen molar-refractivity contribution in [1.29, 1.82) is 0 Å². The van der Waals surface area contributed by atoms with E-state index in [9.17, 15) is 0 Å². The van der Waals surface area contributed by atoms with Crippen LogP contribution in [-0.2, 0) is 6.54 Å². The van der Waals surface area contributed by atoms with Gasteiger partial charge in [0, 0.05) is 30.2 Å². The van der Waals surface area contributed by atoms with Gasteiger partial charge in [-0.15, -0.1) is 0 Å². The average molecular weight is 405 g/mol. The Morgan fingerprint density at radius 2 is 1.68 bits per heavy atom. The lowest BCUT2D eigenvalue weighted by atomic mass is 9.75. The summed E-state index contributed by atoms with van der Waals surface area (Å²) >= 11 is 6.24. The van der Waals surface area contributed by atoms with Crippen molar-refractivity contribution in [1.82, 2.24) is 4.90 Å². The van der Waals surface area contributed by atoms with Crippen LogP contribution in [0, 0.1) is 17.8 Å². The van der Waals surface area contributed by atoms with Gasteiger partial charge in [0.1, 0.15) is 0 Å². The first kappa shape index (κ1) is 22.1. The largest absolute Gasteiger partial charge is 0.328 e. The molecule has 0 radical (unpaired) electrons. The maximum Gasteiger partial charge on any atom is 0.0409 e. The Balaban J connectivity index is 1.53. The van der Waals surface area contributed by atoms with Gasteiger partial charge >= 0.3 is 0 Å². The van der Waals surface area contributed by atoms with Crippen LogP contribution in [0.5, 0.6) is 0 Å². The highest BCUT2D eigenvalue weighted by Crippen LogP contribution is 2.36. The summed E-state index contributed by atoms with van der Waals surface area (Å²) in [6, 6.07) is 9.66. The summed E-state index contributed by atoms with van der Waals surface area (Å²) in [6.45, 7) is 6.96. The summed E-state index contributed by atoms with van der Waals surface area (Å²) in [5, 5.41) is 0.858. The second kappa shape index (κ2) is 11.0. The number of nitrogens with two attached hydrogens (primary N) is 1. The Bertz CT molecular complexity index is 574. The van der Waals surface area contributed by atoms with Gasteiger partial charge in [-0.2, -0.15) is 0 Å². The predicted molar refractivity (Wildman–Crippen MR) is 122 cm³/mol. The summed E-state index contributed by atoms with van der Waals surface area (Å²) in [4.78, 5) is 2.76. The van der Waals surface area contributed by atoms with E-state index in [2.05, 4.69) is 36.9 Å². The van der Waals surface area contributed by atoms with E-state index in [1.165, 1.54) is 76.3 Å². The van der Waals surface area contributed by atoms with Crippen LogP contribution >= 0.6 is 11.6 Å². The van der Waals surface area contributed by atoms with Gasteiger partial charge in [-0.3, -0.25) is 4.90 Å². The fourth-order valence-corrected chi connectivity index (χ4v) is 5.60. The smallest absolute Gasteiger partial charge is 0.0409 e. The summed E-state index contributed by atoms with van der Waals surface area (Å²) in [5.41, 5.74) is 7.45. The number of halogens is 1. The van der Waals surface area contributed by atoms with Crippen molar-refractivity contribution < 1.29 is 0 Å². The Morgan fingerprint density at radius 3 is 2.29 bits per heavy atom. The number of hydrogen-bond acceptors (Lipinski definition) is 2. The zero-order valence-electron chi connectivity index (χ0n) is 18.1. The van der Waals surface area contributed by atoms with Crippen LogP contribution in [0.1, 0.15) is 83.6 Å². The van der Waals surface area contributed by atoms with E-state index < -0.39 is 0 Å². The fourth-order valence-electron chi connectivity index (χ4n) is 5.38. The molecule has 0 amide bonds. The van der Waals surface area contributed by atoms with E-state index >= 15 is 0 Å². The Morgan fingerprint density at radius 1 is 1.04 bits per heavy atom. The molecule has 158 valence electrons. The molecule has 2 aliphatic rings. The van der Waals surface area contributed by atoms with Gasteiger partial charge < -0.3 is 5.73 Å². The molecule has 0 aromatic heterocycles. The lowest BCUT2D eigenvalue weighted by molar-refractivity contribution is 0.103. The lowest BCUT2D eigenvalue weighted by Gasteiger charge is -2.39. The number of benzene rings is 1. The van der Waals surface area contributed by atoms with Gasteiger partial charge in [0.25, 0.3) is 0 Å². The third kappa shape index (κ3) is 6.75. The highest BCUT2D eigenvalue weighted by molar-refractivity contribution is 6.30. The molecule has 3 heteroatoms. The van der Waals surface area contributed by atoms with Gasteiger partial charge in [-0.25, -0.2) is 0 Å². The summed E-state index contributed by atoms with van der Waals surface area (Å²) in [6.07, 6.45) is 13.5. The van der Waals surface area contributed by atoms with Crippen molar-refractivity contribution in [2.24, 2.45) is 23.5 Å². The molecule has 1 atom stereocenters. The minimum Gasteiger partial charge on any atom is -0.328 e. The third-order valence-corrected chi connectivity index (χ3v) is 7.64. The minimum absolute atomic E-state index is 0.479. The van der Waals surface area contributed by atoms with Crippen LogP contribution in [0.2, 0.25) is 5.02 Å².